The van der Waals surface area contributed by atoms with E-state index in [9.17, 15) is 9.59 Å². The molecule has 9 nitrogen and oxygen atoms in total. The zero-order valence-corrected chi connectivity index (χ0v) is 10.3. The van der Waals surface area contributed by atoms with Gasteiger partial charge in [0.25, 0.3) is 5.56 Å². The molecule has 0 aliphatic carbocycles. The van der Waals surface area contributed by atoms with Crippen molar-refractivity contribution in [3.05, 3.63) is 40.2 Å². The normalized spacial score (nSPS) is 11.1. The van der Waals surface area contributed by atoms with Crippen molar-refractivity contribution in [3.63, 3.8) is 0 Å². The highest BCUT2D eigenvalue weighted by Gasteiger charge is 2.13. The van der Waals surface area contributed by atoms with Gasteiger partial charge in [-0.25, -0.2) is 14.2 Å². The Labute approximate surface area is 111 Å². The van der Waals surface area contributed by atoms with E-state index >= 15 is 0 Å². The highest BCUT2D eigenvalue weighted by Crippen LogP contribution is 2.09. The summed E-state index contributed by atoms with van der Waals surface area (Å²) < 4.78 is 7.61. The van der Waals surface area contributed by atoms with Crippen molar-refractivity contribution in [2.24, 2.45) is 7.05 Å². The third kappa shape index (κ3) is 1.85. The fraction of sp³-hybridized carbons (Fsp3) is 0.182. The van der Waals surface area contributed by atoms with Gasteiger partial charge in [-0.05, 0) is 6.07 Å². The maximum absolute atomic E-state index is 12.1. The molecule has 0 aromatic carbocycles. The molecule has 3 aromatic heterocycles. The predicted octanol–water partition coefficient (Wildman–Crippen LogP) is -0.136. The van der Waals surface area contributed by atoms with E-state index < -0.39 is 5.97 Å². The Kier molecular flexibility index (Phi) is 2.60. The van der Waals surface area contributed by atoms with Gasteiger partial charge < -0.3 is 9.52 Å². The number of aromatic carboxylic acids is 1. The van der Waals surface area contributed by atoms with Gasteiger partial charge in [-0.1, -0.05) is 5.21 Å². The largest absolute Gasteiger partial charge is 0.478 e. The summed E-state index contributed by atoms with van der Waals surface area (Å²) in [6.45, 7) is 0.00392. The molecule has 9 heteroatoms. The van der Waals surface area contributed by atoms with E-state index in [1.807, 2.05) is 0 Å². The molecule has 0 amide bonds. The van der Waals surface area contributed by atoms with E-state index in [4.69, 9.17) is 9.52 Å². The van der Waals surface area contributed by atoms with Crippen LogP contribution < -0.4 is 5.56 Å². The maximum atomic E-state index is 12.1. The Morgan fingerprint density at radius 2 is 2.30 bits per heavy atom. The Morgan fingerprint density at radius 3 is 3.00 bits per heavy atom. The zero-order valence-electron chi connectivity index (χ0n) is 10.3. The summed E-state index contributed by atoms with van der Waals surface area (Å²) in [6.07, 6.45) is 2.52. The van der Waals surface area contributed by atoms with E-state index in [1.165, 1.54) is 16.9 Å². The monoisotopic (exact) mass is 275 g/mol. The van der Waals surface area contributed by atoms with Crippen LogP contribution in [0, 0.1) is 0 Å². The maximum Gasteiger partial charge on any atom is 0.338 e. The first-order valence-electron chi connectivity index (χ1n) is 5.62. The number of fused-ring (bicyclic) bond motifs is 1. The summed E-state index contributed by atoms with van der Waals surface area (Å²) in [4.78, 5) is 22.9. The molecule has 102 valence electrons. The highest BCUT2D eigenvalue weighted by molar-refractivity contribution is 5.87. The number of carboxylic acids is 1. The standard InChI is InChI=1S/C11H9N5O4/c1-15-9-8(3-12-15)10(17)16(14-13-9)4-7-2-6(5-20-7)11(18)19/h2-3,5H,4H2,1H3,(H,18,19). The van der Waals surface area contributed by atoms with Crippen molar-refractivity contribution in [1.29, 1.82) is 0 Å². The van der Waals surface area contributed by atoms with Crippen LogP contribution in [0.15, 0.2) is 27.7 Å². The molecule has 1 N–H and O–H groups in total. The van der Waals surface area contributed by atoms with Crippen LogP contribution in [-0.4, -0.2) is 35.9 Å². The number of hydrogen-bond donors (Lipinski definition) is 1. The van der Waals surface area contributed by atoms with E-state index in [0.717, 1.165) is 10.9 Å². The van der Waals surface area contributed by atoms with E-state index in [-0.39, 0.29) is 17.7 Å². The van der Waals surface area contributed by atoms with Crippen molar-refractivity contribution >= 4 is 17.0 Å². The average molecular weight is 275 g/mol. The van der Waals surface area contributed by atoms with Crippen molar-refractivity contribution < 1.29 is 14.3 Å². The average Bonchev–Trinajstić information content (AvgIpc) is 3.01. The lowest BCUT2D eigenvalue weighted by atomic mass is 10.3. The second-order valence-corrected chi connectivity index (χ2v) is 4.16. The summed E-state index contributed by atoms with van der Waals surface area (Å²) in [7, 11) is 1.66. The van der Waals surface area contributed by atoms with Crippen molar-refractivity contribution in [2.75, 3.05) is 0 Å². The number of carbonyl (C=O) groups is 1. The first-order chi connectivity index (χ1) is 9.56. The third-order valence-electron chi connectivity index (χ3n) is 2.83. The molecular formula is C11H9N5O4. The van der Waals surface area contributed by atoms with Crippen molar-refractivity contribution in [1.82, 2.24) is 24.8 Å². The Morgan fingerprint density at radius 1 is 1.50 bits per heavy atom. The topological polar surface area (TPSA) is 116 Å². The first kappa shape index (κ1) is 12.1. The molecule has 20 heavy (non-hydrogen) atoms. The molecule has 3 heterocycles. The smallest absolute Gasteiger partial charge is 0.338 e. The summed E-state index contributed by atoms with van der Waals surface area (Å²) in [5.74, 6) is -0.789. The molecule has 0 aliphatic rings. The molecule has 0 atom stereocenters. The molecule has 0 saturated heterocycles. The summed E-state index contributed by atoms with van der Waals surface area (Å²) >= 11 is 0. The molecule has 3 aromatic rings. The first-order valence-corrected chi connectivity index (χ1v) is 5.62. The van der Waals surface area contributed by atoms with Gasteiger partial charge in [0.1, 0.15) is 24.0 Å². The lowest BCUT2D eigenvalue weighted by Gasteiger charge is -2.00. The van der Waals surface area contributed by atoms with Crippen LogP contribution in [0.25, 0.3) is 11.0 Å². The van der Waals surface area contributed by atoms with Gasteiger partial charge in [0, 0.05) is 7.05 Å². The van der Waals surface area contributed by atoms with Crippen molar-refractivity contribution in [3.8, 4) is 0 Å². The number of rotatable bonds is 3. The molecule has 0 spiro atoms. The molecular weight excluding hydrogens is 266 g/mol. The molecule has 0 aliphatic heterocycles. The minimum absolute atomic E-state index is 0.00392. The molecule has 0 unspecified atom stereocenters. The van der Waals surface area contributed by atoms with Crippen LogP contribution in [0.5, 0.6) is 0 Å². The minimum atomic E-state index is -1.10. The van der Waals surface area contributed by atoms with E-state index in [2.05, 4.69) is 15.4 Å². The summed E-state index contributed by atoms with van der Waals surface area (Å²) in [5.41, 5.74) is 0.0387. The lowest BCUT2D eigenvalue weighted by molar-refractivity contribution is 0.0696. The van der Waals surface area contributed by atoms with E-state index in [1.54, 1.807) is 7.05 Å². The lowest BCUT2D eigenvalue weighted by Crippen LogP contribution is -2.24. The SMILES string of the molecule is Cn1ncc2c(=O)n(Cc3cc(C(=O)O)co3)nnc21. The highest BCUT2D eigenvalue weighted by atomic mass is 16.4. The van der Waals surface area contributed by atoms with Crippen LogP contribution in [0.1, 0.15) is 16.1 Å². The van der Waals surface area contributed by atoms with Crippen LogP contribution in [-0.2, 0) is 13.6 Å². The van der Waals surface area contributed by atoms with E-state index in [0.29, 0.717) is 16.8 Å². The quantitative estimate of drug-likeness (QED) is 0.707. The summed E-state index contributed by atoms with van der Waals surface area (Å²) in [5, 5.41) is 20.7. The Bertz CT molecular complexity index is 859. The Balaban J connectivity index is 2.00. The fourth-order valence-corrected chi connectivity index (χ4v) is 1.80. The van der Waals surface area contributed by atoms with Gasteiger partial charge in [0.05, 0.1) is 11.8 Å². The number of aryl methyl sites for hydroxylation is 1. The number of aromatic nitrogens is 5. The van der Waals surface area contributed by atoms with Crippen LogP contribution in [0.4, 0.5) is 0 Å². The van der Waals surface area contributed by atoms with Gasteiger partial charge in [0.15, 0.2) is 5.65 Å². The number of carboxylic acid groups (broad SMARTS) is 1. The number of furan rings is 1. The van der Waals surface area contributed by atoms with Gasteiger partial charge in [-0.15, -0.1) is 5.10 Å². The molecule has 0 saturated carbocycles. The van der Waals surface area contributed by atoms with Crippen molar-refractivity contribution in [2.45, 2.75) is 6.54 Å². The molecule has 0 bridgehead atoms. The third-order valence-corrected chi connectivity index (χ3v) is 2.83. The van der Waals surface area contributed by atoms with Gasteiger partial charge in [0.2, 0.25) is 0 Å². The van der Waals surface area contributed by atoms with Crippen LogP contribution in [0.3, 0.4) is 0 Å². The second kappa shape index (κ2) is 4.30. The van der Waals surface area contributed by atoms with Crippen LogP contribution >= 0.6 is 0 Å². The zero-order chi connectivity index (χ0) is 14.3. The molecule has 0 fully saturated rings. The molecule has 0 radical (unpaired) electrons. The van der Waals surface area contributed by atoms with Crippen LogP contribution in [0.2, 0.25) is 0 Å². The van der Waals surface area contributed by atoms with Gasteiger partial charge in [-0.3, -0.25) is 4.79 Å². The predicted molar refractivity (Wildman–Crippen MR) is 65.3 cm³/mol. The van der Waals surface area contributed by atoms with Gasteiger partial charge >= 0.3 is 5.97 Å². The number of hydrogen-bond acceptors (Lipinski definition) is 6. The minimum Gasteiger partial charge on any atom is -0.478 e. The Hall–Kier alpha value is -2.97. The summed E-state index contributed by atoms with van der Waals surface area (Å²) in [6, 6.07) is 1.34. The van der Waals surface area contributed by atoms with Gasteiger partial charge in [-0.2, -0.15) is 5.10 Å². The fourth-order valence-electron chi connectivity index (χ4n) is 1.80. The number of nitrogens with zero attached hydrogens (tertiary/aromatic N) is 5. The second-order valence-electron chi connectivity index (χ2n) is 4.16. The molecule has 3 rings (SSSR count).